The van der Waals surface area contributed by atoms with Gasteiger partial charge in [-0.2, -0.15) is 0 Å². The summed E-state index contributed by atoms with van der Waals surface area (Å²) in [5.41, 5.74) is 3.65. The van der Waals surface area contributed by atoms with Crippen molar-refractivity contribution < 1.29 is 4.74 Å². The summed E-state index contributed by atoms with van der Waals surface area (Å²) < 4.78 is 7.01. The van der Waals surface area contributed by atoms with E-state index in [4.69, 9.17) is 16.3 Å². The Morgan fingerprint density at radius 3 is 2.69 bits per heavy atom. The molecule has 0 amide bonds. The lowest BCUT2D eigenvalue weighted by Crippen LogP contribution is -2.49. The maximum atomic E-state index is 13.4. The molecule has 1 aliphatic rings. The van der Waals surface area contributed by atoms with Crippen molar-refractivity contribution in [2.75, 3.05) is 44.8 Å². The molecule has 0 bridgehead atoms. The van der Waals surface area contributed by atoms with Gasteiger partial charge in [0.25, 0.3) is 5.56 Å². The molecule has 1 saturated heterocycles. The quantitative estimate of drug-likeness (QED) is 0.391. The highest BCUT2D eigenvalue weighted by atomic mass is 35.5. The van der Waals surface area contributed by atoms with E-state index in [-0.39, 0.29) is 5.56 Å². The minimum Gasteiger partial charge on any atom is -0.383 e. The maximum absolute atomic E-state index is 13.4. The molecule has 0 unspecified atom stereocenters. The van der Waals surface area contributed by atoms with Crippen LogP contribution in [0.5, 0.6) is 0 Å². The van der Waals surface area contributed by atoms with E-state index < -0.39 is 6.04 Å². The van der Waals surface area contributed by atoms with Gasteiger partial charge in [-0.05, 0) is 64.2 Å². The number of anilines is 1. The summed E-state index contributed by atoms with van der Waals surface area (Å²) in [7, 11) is 1.65. The van der Waals surface area contributed by atoms with Crippen molar-refractivity contribution in [2.24, 2.45) is 0 Å². The van der Waals surface area contributed by atoms with E-state index in [1.807, 2.05) is 30.3 Å². The summed E-state index contributed by atoms with van der Waals surface area (Å²) in [4.78, 5) is 21.1. The number of pyridine rings is 1. The van der Waals surface area contributed by atoms with Gasteiger partial charge in [0, 0.05) is 55.1 Å². The van der Waals surface area contributed by atoms with Crippen LogP contribution in [0.1, 0.15) is 29.9 Å². The van der Waals surface area contributed by atoms with E-state index in [0.29, 0.717) is 24.5 Å². The summed E-state index contributed by atoms with van der Waals surface area (Å²) in [5, 5.41) is 14.3. The molecule has 0 radical (unpaired) electrons. The fourth-order valence-corrected chi connectivity index (χ4v) is 5.04. The molecule has 10 heteroatoms. The van der Waals surface area contributed by atoms with Crippen LogP contribution in [-0.2, 0) is 17.7 Å². The monoisotopic (exact) mass is 507 g/mol. The van der Waals surface area contributed by atoms with Crippen LogP contribution in [0.25, 0.3) is 10.9 Å². The molecule has 3 heterocycles. The third-order valence-corrected chi connectivity index (χ3v) is 7.04. The van der Waals surface area contributed by atoms with Crippen molar-refractivity contribution in [3.63, 3.8) is 0 Å². The van der Waals surface area contributed by atoms with Gasteiger partial charge in [0.05, 0.1) is 13.2 Å². The first-order valence-corrected chi connectivity index (χ1v) is 12.6. The van der Waals surface area contributed by atoms with Gasteiger partial charge in [0.15, 0.2) is 5.82 Å². The zero-order chi connectivity index (χ0) is 25.1. The van der Waals surface area contributed by atoms with E-state index >= 15 is 0 Å². The number of nitrogens with zero attached hydrogens (tertiary/aromatic N) is 6. The second-order valence-corrected chi connectivity index (χ2v) is 9.42. The summed E-state index contributed by atoms with van der Waals surface area (Å²) in [6, 6.07) is 15.7. The number of ether oxygens (including phenoxy) is 1. The van der Waals surface area contributed by atoms with Crippen LogP contribution in [0.15, 0.2) is 53.3 Å². The fourth-order valence-electron chi connectivity index (χ4n) is 4.85. The van der Waals surface area contributed by atoms with Gasteiger partial charge in [0.2, 0.25) is 0 Å². The molecule has 4 aromatic rings. The lowest BCUT2D eigenvalue weighted by molar-refractivity contribution is 0.171. The predicted molar refractivity (Wildman–Crippen MR) is 141 cm³/mol. The Hall–Kier alpha value is -3.27. The highest BCUT2D eigenvalue weighted by Crippen LogP contribution is 2.29. The molecule has 0 saturated carbocycles. The highest BCUT2D eigenvalue weighted by Gasteiger charge is 2.32. The first-order valence-electron chi connectivity index (χ1n) is 12.2. The van der Waals surface area contributed by atoms with Gasteiger partial charge in [-0.3, -0.25) is 9.69 Å². The number of rotatable bonds is 8. The number of fused-ring (bicyclic) bond motifs is 1. The molecule has 0 aliphatic carbocycles. The summed E-state index contributed by atoms with van der Waals surface area (Å²) in [5.74, 6) is 0.639. The number of methoxy groups -OCH3 is 1. The predicted octanol–water partition coefficient (Wildman–Crippen LogP) is 3.29. The lowest BCUT2D eigenvalue weighted by atomic mass is 10.0. The number of tetrazole rings is 1. The van der Waals surface area contributed by atoms with Crippen molar-refractivity contribution in [2.45, 2.75) is 25.9 Å². The van der Waals surface area contributed by atoms with Crippen molar-refractivity contribution in [1.82, 2.24) is 30.1 Å². The zero-order valence-electron chi connectivity index (χ0n) is 20.5. The van der Waals surface area contributed by atoms with Crippen molar-refractivity contribution in [1.29, 1.82) is 0 Å². The normalized spacial score (nSPS) is 15.5. The Morgan fingerprint density at radius 2 is 1.94 bits per heavy atom. The molecule has 36 heavy (non-hydrogen) atoms. The number of hydrogen-bond donors (Lipinski definition) is 1. The van der Waals surface area contributed by atoms with Gasteiger partial charge < -0.3 is 14.6 Å². The number of piperazine rings is 1. The highest BCUT2D eigenvalue weighted by molar-refractivity contribution is 6.30. The Balaban J connectivity index is 1.52. The molecular weight excluding hydrogens is 478 g/mol. The molecule has 1 atom stereocenters. The van der Waals surface area contributed by atoms with Gasteiger partial charge in [-0.15, -0.1) is 5.10 Å². The average molecular weight is 508 g/mol. The second kappa shape index (κ2) is 10.8. The number of H-pyrrole nitrogens is 1. The zero-order valence-corrected chi connectivity index (χ0v) is 21.3. The minimum absolute atomic E-state index is 0.129. The molecule has 5 rings (SSSR count). The molecule has 9 nitrogen and oxygen atoms in total. The van der Waals surface area contributed by atoms with Crippen LogP contribution in [0.4, 0.5) is 5.69 Å². The largest absolute Gasteiger partial charge is 0.383 e. The average Bonchev–Trinajstić information content (AvgIpc) is 3.36. The maximum Gasteiger partial charge on any atom is 0.253 e. The van der Waals surface area contributed by atoms with Gasteiger partial charge >= 0.3 is 0 Å². The van der Waals surface area contributed by atoms with Crippen LogP contribution in [0.3, 0.4) is 0 Å². The van der Waals surface area contributed by atoms with E-state index in [2.05, 4.69) is 55.4 Å². The fraction of sp³-hybridized carbons (Fsp3) is 0.385. The smallest absolute Gasteiger partial charge is 0.253 e. The summed E-state index contributed by atoms with van der Waals surface area (Å²) in [6.45, 7) is 6.16. The number of aryl methyl sites for hydroxylation is 1. The van der Waals surface area contributed by atoms with Crippen LogP contribution in [0, 0.1) is 0 Å². The first-order chi connectivity index (χ1) is 17.6. The van der Waals surface area contributed by atoms with Gasteiger partial charge in [-0.25, -0.2) is 4.68 Å². The first kappa shape index (κ1) is 24.4. The lowest BCUT2D eigenvalue weighted by Gasteiger charge is -2.39. The third-order valence-electron chi connectivity index (χ3n) is 6.80. The molecule has 0 spiro atoms. The van der Waals surface area contributed by atoms with Gasteiger partial charge in [-0.1, -0.05) is 30.7 Å². The number of aromatic nitrogens is 5. The van der Waals surface area contributed by atoms with Crippen molar-refractivity contribution >= 4 is 28.2 Å². The second-order valence-electron chi connectivity index (χ2n) is 8.99. The van der Waals surface area contributed by atoms with Crippen LogP contribution >= 0.6 is 11.6 Å². The van der Waals surface area contributed by atoms with E-state index in [9.17, 15) is 4.79 Å². The van der Waals surface area contributed by atoms with E-state index in [1.165, 1.54) is 5.56 Å². The molecule has 2 aromatic carbocycles. The molecule has 188 valence electrons. The van der Waals surface area contributed by atoms with E-state index in [0.717, 1.165) is 54.2 Å². The molecule has 1 aliphatic heterocycles. The molecule has 2 aromatic heterocycles. The van der Waals surface area contributed by atoms with Crippen molar-refractivity contribution in [3.05, 3.63) is 80.9 Å². The van der Waals surface area contributed by atoms with Crippen molar-refractivity contribution in [3.8, 4) is 0 Å². The minimum atomic E-state index is -0.392. The standard InChI is InChI=1S/C26H30ClN7O2/c1-3-18-7-8-23-19(15-18)16-22(26(35)28-23)24(25-29-30-31-34(25)13-14-36-2)33-11-9-32(10-12-33)21-6-4-5-20(27)17-21/h4-8,15-17,24H,3,9-14H2,1-2H3,(H,28,35)/t24-/m1/s1. The van der Waals surface area contributed by atoms with Gasteiger partial charge in [0.1, 0.15) is 6.04 Å². The topological polar surface area (TPSA) is 92.2 Å². The van der Waals surface area contributed by atoms with Crippen LogP contribution in [0.2, 0.25) is 5.02 Å². The number of aromatic amines is 1. The summed E-state index contributed by atoms with van der Waals surface area (Å²) in [6.07, 6.45) is 0.925. The SMILES string of the molecule is CCc1ccc2[nH]c(=O)c([C@H](c3nnnn3CCOC)N3CCN(c4cccc(Cl)c4)CC3)cc2c1. The Bertz CT molecular complexity index is 1390. The number of benzene rings is 2. The molecule has 1 fully saturated rings. The molecule has 1 N–H and O–H groups in total. The van der Waals surface area contributed by atoms with Crippen LogP contribution in [-0.4, -0.2) is 70.0 Å². The number of hydrogen-bond acceptors (Lipinski definition) is 7. The third kappa shape index (κ3) is 5.00. The Labute approximate surface area is 214 Å². The van der Waals surface area contributed by atoms with E-state index in [1.54, 1.807) is 11.8 Å². The molecular formula is C26H30ClN7O2. The summed E-state index contributed by atoms with van der Waals surface area (Å²) >= 11 is 6.23. The van der Waals surface area contributed by atoms with Crippen LogP contribution < -0.4 is 10.5 Å². The number of nitrogens with one attached hydrogen (secondary N) is 1. The Morgan fingerprint density at radius 1 is 1.11 bits per heavy atom. The Kier molecular flexibility index (Phi) is 7.31. The number of halogens is 1.